The first kappa shape index (κ1) is 26.7. The van der Waals surface area contributed by atoms with Gasteiger partial charge in [-0.05, 0) is 42.9 Å². The second-order valence-electron chi connectivity index (χ2n) is 10.5. The summed E-state index contributed by atoms with van der Waals surface area (Å²) in [6.45, 7) is 7.85. The molecule has 2 bridgehead atoms. The number of anilines is 1. The minimum atomic E-state index is -1.07. The molecular formula is C26H28N4O8. The van der Waals surface area contributed by atoms with E-state index >= 15 is 0 Å². The van der Waals surface area contributed by atoms with E-state index in [0.29, 0.717) is 30.0 Å². The summed E-state index contributed by atoms with van der Waals surface area (Å²) in [6.07, 6.45) is 1.45. The van der Waals surface area contributed by atoms with E-state index in [0.717, 1.165) is 23.8 Å². The number of fused-ring (bicyclic) bond motifs is 2. The van der Waals surface area contributed by atoms with Gasteiger partial charge in [0.05, 0.1) is 45.4 Å². The third-order valence-corrected chi connectivity index (χ3v) is 8.57. The van der Waals surface area contributed by atoms with Gasteiger partial charge in [0.25, 0.3) is 11.4 Å². The molecule has 2 aromatic rings. The van der Waals surface area contributed by atoms with Crippen LogP contribution in [0.5, 0.6) is 5.75 Å². The largest absolute Gasteiger partial charge is 0.495 e. The molecule has 0 radical (unpaired) electrons. The van der Waals surface area contributed by atoms with Crippen molar-refractivity contribution >= 4 is 34.7 Å². The highest BCUT2D eigenvalue weighted by molar-refractivity contribution is 6.07. The zero-order valence-electron chi connectivity index (χ0n) is 21.7. The molecule has 38 heavy (non-hydrogen) atoms. The molecule has 12 heteroatoms. The summed E-state index contributed by atoms with van der Waals surface area (Å²) < 4.78 is 5.41. The highest BCUT2D eigenvalue weighted by atomic mass is 16.7. The van der Waals surface area contributed by atoms with Crippen molar-refractivity contribution in [3.05, 3.63) is 67.8 Å². The summed E-state index contributed by atoms with van der Waals surface area (Å²) in [7, 11) is 1.53. The molecule has 2 aromatic carbocycles. The molecule has 12 nitrogen and oxygen atoms in total. The van der Waals surface area contributed by atoms with Crippen molar-refractivity contribution in [1.82, 2.24) is 0 Å². The van der Waals surface area contributed by atoms with Gasteiger partial charge < -0.3 is 14.9 Å². The number of carbonyl (C=O) groups is 2. The molecule has 200 valence electrons. The lowest BCUT2D eigenvalue weighted by atomic mass is 9.64. The number of hydrogen-bond acceptors (Lipinski definition) is 9. The summed E-state index contributed by atoms with van der Waals surface area (Å²) in [4.78, 5) is 52.3. The van der Waals surface area contributed by atoms with Crippen molar-refractivity contribution in [2.24, 2.45) is 21.4 Å². The molecule has 0 saturated heterocycles. The second-order valence-corrected chi connectivity index (χ2v) is 10.5. The maximum atomic E-state index is 13.8. The second kappa shape index (κ2) is 9.19. The van der Waals surface area contributed by atoms with Crippen LogP contribution >= 0.6 is 0 Å². The number of nitrogens with one attached hydrogen (secondary N) is 1. The quantitative estimate of drug-likeness (QED) is 0.294. The van der Waals surface area contributed by atoms with E-state index in [2.05, 4.69) is 10.5 Å². The van der Waals surface area contributed by atoms with E-state index in [1.165, 1.54) is 7.11 Å². The number of rotatable bonds is 7. The molecule has 2 atom stereocenters. The van der Waals surface area contributed by atoms with Crippen LogP contribution in [0.2, 0.25) is 0 Å². The Kier molecular flexibility index (Phi) is 6.46. The Morgan fingerprint density at radius 2 is 1.63 bits per heavy atom. The molecule has 2 aliphatic rings. The smallest absolute Gasteiger partial charge is 0.366 e. The molecule has 0 aliphatic heterocycles. The standard InChI is InChI=1S/C26H28N4O8/c1-15-6-7-20(37-5)19(10-15)27-23(32)26-9-8-25(4,24(26,2)3)21(14-26)28-38-22(31)16-11-17(29(33)34)13-18(12-16)30(35)36/h6-7,10-13H,8-9,14H2,1-5H3,(H,27,32). The number of carbonyl (C=O) groups excluding carboxylic acids is 2. The Bertz CT molecular complexity index is 1370. The highest BCUT2D eigenvalue weighted by Crippen LogP contribution is 2.71. The number of aryl methyl sites for hydroxylation is 1. The zero-order chi connectivity index (χ0) is 28.0. The van der Waals surface area contributed by atoms with Crippen LogP contribution in [0.4, 0.5) is 17.1 Å². The van der Waals surface area contributed by atoms with Crippen molar-refractivity contribution in [3.8, 4) is 5.75 Å². The van der Waals surface area contributed by atoms with Crippen LogP contribution in [0, 0.1) is 43.4 Å². The third kappa shape index (κ3) is 4.05. The minimum Gasteiger partial charge on any atom is -0.495 e. The van der Waals surface area contributed by atoms with Crippen LogP contribution < -0.4 is 10.1 Å². The van der Waals surface area contributed by atoms with Gasteiger partial charge in [0, 0.05) is 24.0 Å². The van der Waals surface area contributed by atoms with Crippen molar-refractivity contribution in [3.63, 3.8) is 0 Å². The Labute approximate surface area is 218 Å². The Morgan fingerprint density at radius 3 is 2.21 bits per heavy atom. The zero-order valence-corrected chi connectivity index (χ0v) is 21.7. The van der Waals surface area contributed by atoms with Crippen LogP contribution in [-0.2, 0) is 9.63 Å². The van der Waals surface area contributed by atoms with E-state index in [9.17, 15) is 29.8 Å². The van der Waals surface area contributed by atoms with Gasteiger partial charge in [-0.3, -0.25) is 25.0 Å². The molecule has 2 fully saturated rings. The van der Waals surface area contributed by atoms with Crippen LogP contribution in [0.15, 0.2) is 41.6 Å². The average Bonchev–Trinajstić information content (AvgIpc) is 3.17. The number of hydrogen-bond donors (Lipinski definition) is 1. The molecule has 1 amide bonds. The number of non-ortho nitro benzene ring substituents is 2. The maximum Gasteiger partial charge on any atom is 0.366 e. The molecule has 0 aromatic heterocycles. The van der Waals surface area contributed by atoms with E-state index in [4.69, 9.17) is 9.57 Å². The number of nitro benzene ring substituents is 2. The van der Waals surface area contributed by atoms with Gasteiger partial charge in [-0.2, -0.15) is 0 Å². The number of nitro groups is 2. The summed E-state index contributed by atoms with van der Waals surface area (Å²) in [5.41, 5.74) is -1.56. The van der Waals surface area contributed by atoms with Crippen LogP contribution in [0.25, 0.3) is 0 Å². The summed E-state index contributed by atoms with van der Waals surface area (Å²) in [6, 6.07) is 8.05. The first-order valence-corrected chi connectivity index (χ1v) is 11.9. The first-order chi connectivity index (χ1) is 17.8. The fourth-order valence-electron chi connectivity index (χ4n) is 5.76. The van der Waals surface area contributed by atoms with E-state index < -0.39 is 43.4 Å². The van der Waals surface area contributed by atoms with Crippen LogP contribution in [0.1, 0.15) is 56.0 Å². The van der Waals surface area contributed by atoms with Gasteiger partial charge in [-0.25, -0.2) is 4.79 Å². The van der Waals surface area contributed by atoms with E-state index in [-0.39, 0.29) is 17.9 Å². The van der Waals surface area contributed by atoms with Crippen molar-refractivity contribution < 1.29 is 29.0 Å². The van der Waals surface area contributed by atoms with Crippen molar-refractivity contribution in [2.45, 2.75) is 47.0 Å². The van der Waals surface area contributed by atoms with Gasteiger partial charge in [0.1, 0.15) is 5.75 Å². The van der Waals surface area contributed by atoms with Gasteiger partial charge >= 0.3 is 5.97 Å². The number of amides is 1. The van der Waals surface area contributed by atoms with E-state index in [1.807, 2.05) is 39.8 Å². The third-order valence-electron chi connectivity index (χ3n) is 8.57. The van der Waals surface area contributed by atoms with E-state index in [1.54, 1.807) is 6.07 Å². The number of oxime groups is 1. The lowest BCUT2D eigenvalue weighted by Crippen LogP contribution is -2.43. The normalized spacial score (nSPS) is 24.2. The van der Waals surface area contributed by atoms with Crippen molar-refractivity contribution in [1.29, 1.82) is 0 Å². The van der Waals surface area contributed by atoms with Gasteiger partial charge in [-0.1, -0.05) is 32.0 Å². The molecule has 2 saturated carbocycles. The lowest BCUT2D eigenvalue weighted by Gasteiger charge is -2.39. The summed E-state index contributed by atoms with van der Waals surface area (Å²) >= 11 is 0. The van der Waals surface area contributed by atoms with Gasteiger partial charge in [0.2, 0.25) is 5.91 Å². The summed E-state index contributed by atoms with van der Waals surface area (Å²) in [5.74, 6) is -0.733. The van der Waals surface area contributed by atoms with Gasteiger partial charge in [-0.15, -0.1) is 0 Å². The first-order valence-electron chi connectivity index (χ1n) is 11.9. The lowest BCUT2D eigenvalue weighted by molar-refractivity contribution is -0.394. The maximum absolute atomic E-state index is 13.8. The minimum absolute atomic E-state index is 0.194. The average molecular weight is 525 g/mol. The topological polar surface area (TPSA) is 163 Å². The molecule has 2 unspecified atom stereocenters. The highest BCUT2D eigenvalue weighted by Gasteiger charge is 2.71. The molecule has 1 N–H and O–H groups in total. The number of benzene rings is 2. The monoisotopic (exact) mass is 524 g/mol. The molecule has 0 heterocycles. The fraction of sp³-hybridized carbons (Fsp3) is 0.423. The molecule has 4 rings (SSSR count). The Balaban J connectivity index is 1.62. The predicted octanol–water partition coefficient (Wildman–Crippen LogP) is 5.19. The van der Waals surface area contributed by atoms with Crippen LogP contribution in [-0.4, -0.2) is 34.5 Å². The molecule has 2 aliphatic carbocycles. The number of ether oxygens (including phenoxy) is 1. The summed E-state index contributed by atoms with van der Waals surface area (Å²) in [5, 5.41) is 29.5. The Morgan fingerprint density at radius 1 is 1.00 bits per heavy atom. The molecule has 0 spiro atoms. The van der Waals surface area contributed by atoms with Gasteiger partial charge in [0.15, 0.2) is 0 Å². The number of methoxy groups -OCH3 is 1. The van der Waals surface area contributed by atoms with Crippen molar-refractivity contribution in [2.75, 3.05) is 12.4 Å². The fourth-order valence-corrected chi connectivity index (χ4v) is 5.76. The SMILES string of the molecule is COc1ccc(C)cc1NC(=O)C12CCC(C)(C(=NOC(=O)c3cc([N+](=O)[O-])cc([N+](=O)[O-])c3)C1)C2(C)C. The number of nitrogens with zero attached hydrogens (tertiary/aromatic N) is 3. The Hall–Kier alpha value is -4.35. The molecular weight excluding hydrogens is 496 g/mol. The predicted molar refractivity (Wildman–Crippen MR) is 137 cm³/mol. The van der Waals surface area contributed by atoms with Crippen LogP contribution in [0.3, 0.4) is 0 Å².